The van der Waals surface area contributed by atoms with Crippen LogP contribution in [0.5, 0.6) is 5.75 Å². The highest BCUT2D eigenvalue weighted by atomic mass is 16.5. The molecule has 4 rings (SSSR count). The predicted octanol–water partition coefficient (Wildman–Crippen LogP) is 1.80. The van der Waals surface area contributed by atoms with Crippen molar-refractivity contribution in [1.82, 2.24) is 19.8 Å². The number of amides is 1. The van der Waals surface area contributed by atoms with E-state index in [1.54, 1.807) is 19.5 Å². The first-order valence-corrected chi connectivity index (χ1v) is 9.89. The van der Waals surface area contributed by atoms with Crippen LogP contribution in [0, 0.1) is 0 Å². The first-order chi connectivity index (χ1) is 13.7. The first kappa shape index (κ1) is 18.7. The molecule has 0 radical (unpaired) electrons. The lowest BCUT2D eigenvalue weighted by molar-refractivity contribution is -0.133. The summed E-state index contributed by atoms with van der Waals surface area (Å²) < 4.78 is 5.22. The number of anilines is 1. The minimum Gasteiger partial charge on any atom is -0.497 e. The van der Waals surface area contributed by atoms with Gasteiger partial charge in [-0.2, -0.15) is 0 Å². The fourth-order valence-electron chi connectivity index (χ4n) is 3.58. The molecule has 1 aromatic heterocycles. The van der Waals surface area contributed by atoms with Crippen LogP contribution in [0.25, 0.3) is 0 Å². The van der Waals surface area contributed by atoms with Crippen LogP contribution in [0.4, 0.5) is 5.95 Å². The molecule has 1 saturated heterocycles. The minimum absolute atomic E-state index is 0.225. The van der Waals surface area contributed by atoms with Gasteiger partial charge in [-0.15, -0.1) is 0 Å². The third kappa shape index (κ3) is 4.59. The van der Waals surface area contributed by atoms with E-state index in [1.807, 2.05) is 30.3 Å². The lowest BCUT2D eigenvalue weighted by Gasteiger charge is -2.35. The predicted molar refractivity (Wildman–Crippen MR) is 107 cm³/mol. The average Bonchev–Trinajstić information content (AvgIpc) is 3.59. The summed E-state index contributed by atoms with van der Waals surface area (Å²) >= 11 is 0. The van der Waals surface area contributed by atoms with Crippen molar-refractivity contribution in [1.29, 1.82) is 0 Å². The van der Waals surface area contributed by atoms with Crippen LogP contribution in [-0.2, 0) is 11.3 Å². The summed E-state index contributed by atoms with van der Waals surface area (Å²) in [5, 5.41) is 0. The van der Waals surface area contributed by atoms with Crippen LogP contribution in [0.1, 0.15) is 18.4 Å². The number of carbonyl (C=O) groups excluding carboxylic acids is 1. The molecule has 0 atom stereocenters. The molecule has 1 aromatic carbocycles. The van der Waals surface area contributed by atoms with E-state index in [9.17, 15) is 4.79 Å². The molecule has 28 heavy (non-hydrogen) atoms. The molecule has 1 saturated carbocycles. The molecule has 0 N–H and O–H groups in total. The van der Waals surface area contributed by atoms with Crippen LogP contribution < -0.4 is 9.64 Å². The standard InChI is InChI=1S/C21H27N5O2/c1-28-19-7-3-17(4-8-19)15-26(18-5-6-18)20(27)16-24-11-13-25(14-12-24)21-22-9-2-10-23-21/h2-4,7-10,18H,5-6,11-16H2,1H3. The number of hydrogen-bond donors (Lipinski definition) is 0. The zero-order valence-corrected chi connectivity index (χ0v) is 16.3. The zero-order valence-electron chi connectivity index (χ0n) is 16.3. The van der Waals surface area contributed by atoms with Crippen molar-refractivity contribution < 1.29 is 9.53 Å². The van der Waals surface area contributed by atoms with Crippen molar-refractivity contribution in [2.75, 3.05) is 44.7 Å². The van der Waals surface area contributed by atoms with Gasteiger partial charge in [-0.25, -0.2) is 9.97 Å². The van der Waals surface area contributed by atoms with Gasteiger partial charge in [0.1, 0.15) is 5.75 Å². The third-order valence-electron chi connectivity index (χ3n) is 5.39. The Kier molecular flexibility index (Phi) is 5.71. The molecule has 7 nitrogen and oxygen atoms in total. The van der Waals surface area contributed by atoms with Crippen LogP contribution in [0.3, 0.4) is 0 Å². The molecule has 2 aromatic rings. The lowest BCUT2D eigenvalue weighted by Crippen LogP contribution is -2.50. The van der Waals surface area contributed by atoms with Gasteiger partial charge < -0.3 is 14.5 Å². The first-order valence-electron chi connectivity index (χ1n) is 9.89. The normalized spacial score (nSPS) is 17.4. The van der Waals surface area contributed by atoms with Gasteiger partial charge in [0, 0.05) is 51.2 Å². The average molecular weight is 381 g/mol. The van der Waals surface area contributed by atoms with E-state index in [0.717, 1.165) is 56.3 Å². The molecule has 1 aliphatic heterocycles. The summed E-state index contributed by atoms with van der Waals surface area (Å²) in [6, 6.07) is 10.2. The number of aromatic nitrogens is 2. The summed E-state index contributed by atoms with van der Waals surface area (Å²) in [6.45, 7) is 4.55. The van der Waals surface area contributed by atoms with Crippen molar-refractivity contribution in [3.05, 3.63) is 48.3 Å². The molecule has 7 heteroatoms. The topological polar surface area (TPSA) is 61.8 Å². The number of rotatable bonds is 7. The fourth-order valence-corrected chi connectivity index (χ4v) is 3.58. The summed E-state index contributed by atoms with van der Waals surface area (Å²) in [5.74, 6) is 1.84. The van der Waals surface area contributed by atoms with E-state index in [4.69, 9.17) is 4.74 Å². The van der Waals surface area contributed by atoms with Gasteiger partial charge in [-0.1, -0.05) is 12.1 Å². The molecule has 2 fully saturated rings. The number of ether oxygens (including phenoxy) is 1. The van der Waals surface area contributed by atoms with E-state index < -0.39 is 0 Å². The highest BCUT2D eigenvalue weighted by molar-refractivity contribution is 5.79. The summed E-state index contributed by atoms with van der Waals surface area (Å²) in [7, 11) is 1.67. The smallest absolute Gasteiger partial charge is 0.237 e. The maximum absolute atomic E-state index is 13.0. The SMILES string of the molecule is COc1ccc(CN(C(=O)CN2CCN(c3ncccn3)CC2)C2CC2)cc1. The maximum atomic E-state index is 13.0. The van der Waals surface area contributed by atoms with Gasteiger partial charge >= 0.3 is 0 Å². The number of benzene rings is 1. The van der Waals surface area contributed by atoms with E-state index >= 15 is 0 Å². The van der Waals surface area contributed by atoms with Gasteiger partial charge in [0.2, 0.25) is 11.9 Å². The highest BCUT2D eigenvalue weighted by Gasteiger charge is 2.33. The summed E-state index contributed by atoms with van der Waals surface area (Å²) in [5.41, 5.74) is 1.15. The second-order valence-corrected chi connectivity index (χ2v) is 7.41. The minimum atomic E-state index is 0.225. The second-order valence-electron chi connectivity index (χ2n) is 7.41. The molecule has 1 amide bonds. The van der Waals surface area contributed by atoms with Gasteiger partial charge in [0.15, 0.2) is 0 Å². The molecule has 2 aliphatic rings. The van der Waals surface area contributed by atoms with E-state index in [1.165, 1.54) is 0 Å². The fraction of sp³-hybridized carbons (Fsp3) is 0.476. The molecule has 0 bridgehead atoms. The number of piperazine rings is 1. The summed E-state index contributed by atoms with van der Waals surface area (Å²) in [4.78, 5) is 28.1. The highest BCUT2D eigenvalue weighted by Crippen LogP contribution is 2.29. The third-order valence-corrected chi connectivity index (χ3v) is 5.39. The Balaban J connectivity index is 1.31. The van der Waals surface area contributed by atoms with Crippen LogP contribution in [-0.4, -0.2) is 71.6 Å². The van der Waals surface area contributed by atoms with Crippen molar-refractivity contribution in [3.8, 4) is 5.75 Å². The quantitative estimate of drug-likeness (QED) is 0.729. The lowest BCUT2D eigenvalue weighted by atomic mass is 10.2. The van der Waals surface area contributed by atoms with E-state index in [-0.39, 0.29) is 5.91 Å². The van der Waals surface area contributed by atoms with Gasteiger partial charge in [-0.05, 0) is 36.6 Å². The number of nitrogens with zero attached hydrogens (tertiary/aromatic N) is 5. The summed E-state index contributed by atoms with van der Waals surface area (Å²) in [6.07, 6.45) is 5.76. The van der Waals surface area contributed by atoms with Crippen molar-refractivity contribution in [3.63, 3.8) is 0 Å². The van der Waals surface area contributed by atoms with Gasteiger partial charge in [0.05, 0.1) is 13.7 Å². The Labute approximate surface area is 165 Å². The van der Waals surface area contributed by atoms with Crippen molar-refractivity contribution >= 4 is 11.9 Å². The largest absolute Gasteiger partial charge is 0.497 e. The Morgan fingerprint density at radius 2 is 1.79 bits per heavy atom. The molecule has 0 spiro atoms. The molecule has 0 unspecified atom stereocenters. The molecular weight excluding hydrogens is 354 g/mol. The molecule has 148 valence electrons. The van der Waals surface area contributed by atoms with Gasteiger partial charge in [0.25, 0.3) is 0 Å². The van der Waals surface area contributed by atoms with Crippen molar-refractivity contribution in [2.24, 2.45) is 0 Å². The number of methoxy groups -OCH3 is 1. The second kappa shape index (κ2) is 8.56. The number of hydrogen-bond acceptors (Lipinski definition) is 6. The van der Waals surface area contributed by atoms with E-state index in [0.29, 0.717) is 19.1 Å². The Morgan fingerprint density at radius 3 is 2.39 bits per heavy atom. The van der Waals surface area contributed by atoms with Crippen molar-refractivity contribution in [2.45, 2.75) is 25.4 Å². The Bertz CT molecular complexity index is 771. The van der Waals surface area contributed by atoms with Crippen LogP contribution >= 0.6 is 0 Å². The van der Waals surface area contributed by atoms with E-state index in [2.05, 4.69) is 24.7 Å². The van der Waals surface area contributed by atoms with Gasteiger partial charge in [-0.3, -0.25) is 9.69 Å². The van der Waals surface area contributed by atoms with Crippen LogP contribution in [0.2, 0.25) is 0 Å². The maximum Gasteiger partial charge on any atom is 0.237 e. The Hall–Kier alpha value is -2.67. The molecular formula is C21H27N5O2. The van der Waals surface area contributed by atoms with Crippen LogP contribution in [0.15, 0.2) is 42.7 Å². The molecule has 1 aliphatic carbocycles. The zero-order chi connectivity index (χ0) is 19.3. The Morgan fingerprint density at radius 1 is 1.11 bits per heavy atom. The number of carbonyl (C=O) groups is 1. The molecule has 2 heterocycles. The monoisotopic (exact) mass is 381 g/mol.